The second-order valence-electron chi connectivity index (χ2n) is 7.04. The number of benzene rings is 1. The van der Waals surface area contributed by atoms with Gasteiger partial charge in [0.05, 0.1) is 25.6 Å². The number of quaternary nitrogens is 1. The fraction of sp³-hybridized carbons (Fsp3) is 0.632. The van der Waals surface area contributed by atoms with Crippen LogP contribution in [0.2, 0.25) is 0 Å². The van der Waals surface area contributed by atoms with E-state index in [0.29, 0.717) is 6.61 Å². The van der Waals surface area contributed by atoms with Gasteiger partial charge >= 0.3 is 5.97 Å². The van der Waals surface area contributed by atoms with Crippen molar-refractivity contribution in [1.82, 2.24) is 0 Å². The first kappa shape index (κ1) is 17.0. The average molecular weight is 304 g/mol. The highest BCUT2D eigenvalue weighted by atomic mass is 16.5. The lowest BCUT2D eigenvalue weighted by Crippen LogP contribution is -2.50. The number of hydrogen-bond donors (Lipinski definition) is 0. The van der Waals surface area contributed by atoms with Crippen LogP contribution in [0, 0.1) is 0 Å². The molecule has 1 aliphatic rings. The molecule has 22 heavy (non-hydrogen) atoms. The molecule has 0 saturated carbocycles. The first-order valence-electron chi connectivity index (χ1n) is 8.56. The van der Waals surface area contributed by atoms with Crippen molar-refractivity contribution in [3.8, 4) is 0 Å². The van der Waals surface area contributed by atoms with E-state index >= 15 is 0 Å². The number of nitrogens with zero attached hydrogens (tertiary/aromatic N) is 1. The lowest BCUT2D eigenvalue weighted by Gasteiger charge is -2.37. The maximum absolute atomic E-state index is 12.6. The minimum Gasteiger partial charge on any atom is -0.459 e. The van der Waals surface area contributed by atoms with Crippen molar-refractivity contribution in [2.75, 3.05) is 33.3 Å². The van der Waals surface area contributed by atoms with Crippen molar-refractivity contribution < 1.29 is 14.0 Å². The van der Waals surface area contributed by atoms with Gasteiger partial charge in [0.1, 0.15) is 13.2 Å². The second kappa shape index (κ2) is 7.28. The molecular formula is C19H30NO2+. The van der Waals surface area contributed by atoms with Crippen LogP contribution in [0.3, 0.4) is 0 Å². The highest BCUT2D eigenvalue weighted by Crippen LogP contribution is 2.29. The van der Waals surface area contributed by atoms with E-state index in [1.807, 2.05) is 44.2 Å². The van der Waals surface area contributed by atoms with Crippen LogP contribution in [0.25, 0.3) is 0 Å². The average Bonchev–Trinajstić information content (AvgIpc) is 2.55. The van der Waals surface area contributed by atoms with E-state index < -0.39 is 5.41 Å². The third-order valence-electron chi connectivity index (χ3n) is 5.33. The fourth-order valence-corrected chi connectivity index (χ4v) is 3.29. The minimum atomic E-state index is -0.540. The normalized spacial score (nSPS) is 20.1. The highest BCUT2D eigenvalue weighted by Gasteiger charge is 2.35. The number of hydrogen-bond acceptors (Lipinski definition) is 2. The summed E-state index contributed by atoms with van der Waals surface area (Å²) in [4.78, 5) is 12.6. The van der Waals surface area contributed by atoms with Gasteiger partial charge in [-0.15, -0.1) is 0 Å². The van der Waals surface area contributed by atoms with Crippen molar-refractivity contribution >= 4 is 5.97 Å². The lowest BCUT2D eigenvalue weighted by atomic mass is 9.80. The molecule has 3 heteroatoms. The van der Waals surface area contributed by atoms with Gasteiger partial charge in [0, 0.05) is 0 Å². The van der Waals surface area contributed by atoms with Crippen LogP contribution in [-0.4, -0.2) is 43.7 Å². The van der Waals surface area contributed by atoms with E-state index in [9.17, 15) is 4.79 Å². The Bertz CT molecular complexity index is 479. The van der Waals surface area contributed by atoms with Crippen LogP contribution < -0.4 is 0 Å². The molecule has 0 aromatic heterocycles. The number of rotatable bonds is 6. The summed E-state index contributed by atoms with van der Waals surface area (Å²) in [7, 11) is 2.28. The molecule has 0 amide bonds. The number of ether oxygens (including phenoxy) is 1. The molecule has 0 aliphatic carbocycles. The summed E-state index contributed by atoms with van der Waals surface area (Å²) < 4.78 is 6.71. The molecule has 122 valence electrons. The largest absolute Gasteiger partial charge is 0.459 e. The Morgan fingerprint density at radius 3 is 2.41 bits per heavy atom. The minimum absolute atomic E-state index is 0.0928. The first-order chi connectivity index (χ1) is 10.5. The number of carbonyl (C=O) groups excluding carboxylic acids is 1. The molecule has 1 saturated heterocycles. The molecule has 0 bridgehead atoms. The number of carbonyl (C=O) groups is 1. The molecule has 0 N–H and O–H groups in total. The number of piperidine rings is 1. The van der Waals surface area contributed by atoms with Gasteiger partial charge in [-0.05, 0) is 38.2 Å². The third kappa shape index (κ3) is 3.89. The van der Waals surface area contributed by atoms with Gasteiger partial charge in [-0.1, -0.05) is 37.3 Å². The van der Waals surface area contributed by atoms with Crippen molar-refractivity contribution in [3.05, 3.63) is 35.9 Å². The van der Waals surface area contributed by atoms with Crippen molar-refractivity contribution in [1.29, 1.82) is 0 Å². The molecule has 1 aliphatic heterocycles. The molecule has 2 rings (SSSR count). The predicted octanol–water partition coefficient (Wildman–Crippen LogP) is 3.53. The Labute approximate surface area is 134 Å². The molecule has 1 atom stereocenters. The maximum Gasteiger partial charge on any atom is 0.316 e. The molecular weight excluding hydrogens is 274 g/mol. The smallest absolute Gasteiger partial charge is 0.316 e. The van der Waals surface area contributed by atoms with Gasteiger partial charge in [0.15, 0.2) is 0 Å². The number of likely N-dealkylation sites (tertiary alicyclic amines) is 1. The number of likely N-dealkylation sites (N-methyl/N-ethyl adjacent to an activating group) is 1. The van der Waals surface area contributed by atoms with Gasteiger partial charge < -0.3 is 9.22 Å². The van der Waals surface area contributed by atoms with Crippen LogP contribution >= 0.6 is 0 Å². The third-order valence-corrected chi connectivity index (χ3v) is 5.33. The molecule has 1 heterocycles. The van der Waals surface area contributed by atoms with E-state index in [0.717, 1.165) is 23.0 Å². The zero-order valence-corrected chi connectivity index (χ0v) is 14.3. The maximum atomic E-state index is 12.6. The molecule has 0 unspecified atom stereocenters. The Kier molecular flexibility index (Phi) is 5.63. The van der Waals surface area contributed by atoms with Crippen LogP contribution in [0.5, 0.6) is 0 Å². The zero-order chi connectivity index (χ0) is 16.1. The monoisotopic (exact) mass is 304 g/mol. The van der Waals surface area contributed by atoms with E-state index in [2.05, 4.69) is 7.05 Å². The first-order valence-corrected chi connectivity index (χ1v) is 8.56. The topological polar surface area (TPSA) is 26.3 Å². The van der Waals surface area contributed by atoms with Crippen molar-refractivity contribution in [3.63, 3.8) is 0 Å². The predicted molar refractivity (Wildman–Crippen MR) is 89.7 cm³/mol. The summed E-state index contributed by atoms with van der Waals surface area (Å²) in [6, 6.07) is 9.98. The van der Waals surface area contributed by atoms with Gasteiger partial charge in [-0.3, -0.25) is 4.79 Å². The summed E-state index contributed by atoms with van der Waals surface area (Å²) in [6.07, 6.45) is 4.68. The molecule has 1 aromatic rings. The van der Waals surface area contributed by atoms with Crippen molar-refractivity contribution in [2.24, 2.45) is 0 Å². The summed E-state index contributed by atoms with van der Waals surface area (Å²) in [5.41, 5.74) is 0.503. The van der Waals surface area contributed by atoms with Gasteiger partial charge in [-0.25, -0.2) is 0 Å². The van der Waals surface area contributed by atoms with Gasteiger partial charge in [0.25, 0.3) is 0 Å². The quantitative estimate of drug-likeness (QED) is 0.593. The van der Waals surface area contributed by atoms with E-state index in [1.54, 1.807) is 0 Å². The lowest BCUT2D eigenvalue weighted by molar-refractivity contribution is -0.914. The van der Waals surface area contributed by atoms with E-state index in [1.165, 1.54) is 32.4 Å². The summed E-state index contributed by atoms with van der Waals surface area (Å²) >= 11 is 0. The Morgan fingerprint density at radius 2 is 1.82 bits per heavy atom. The van der Waals surface area contributed by atoms with E-state index in [-0.39, 0.29) is 5.97 Å². The zero-order valence-electron chi connectivity index (χ0n) is 14.3. The van der Waals surface area contributed by atoms with Crippen LogP contribution in [0.1, 0.15) is 45.1 Å². The molecule has 1 fully saturated rings. The summed E-state index contributed by atoms with van der Waals surface area (Å²) in [5, 5.41) is 0. The molecule has 1 aromatic carbocycles. The molecule has 0 spiro atoms. The number of esters is 1. The summed E-state index contributed by atoms with van der Waals surface area (Å²) in [6.45, 7) is 7.91. The molecule has 3 nitrogen and oxygen atoms in total. The second-order valence-corrected chi connectivity index (χ2v) is 7.04. The Balaban J connectivity index is 1.92. The highest BCUT2D eigenvalue weighted by molar-refractivity contribution is 5.82. The Hall–Kier alpha value is -1.35. The fourth-order valence-electron chi connectivity index (χ4n) is 3.29. The van der Waals surface area contributed by atoms with Crippen LogP contribution in [0.4, 0.5) is 0 Å². The van der Waals surface area contributed by atoms with Gasteiger partial charge in [0.2, 0.25) is 0 Å². The standard InChI is InChI=1S/C19H30NO2/c1-4-19(2,17-11-7-5-8-12-17)18(21)22-16-15-20(3)13-9-6-10-14-20/h5,7-8,11-12H,4,6,9-10,13-16H2,1-3H3/q+1/t19-/m0/s1. The van der Waals surface area contributed by atoms with Crippen LogP contribution in [-0.2, 0) is 14.9 Å². The van der Waals surface area contributed by atoms with Crippen LogP contribution in [0.15, 0.2) is 30.3 Å². The molecule has 0 radical (unpaired) electrons. The van der Waals surface area contributed by atoms with E-state index in [4.69, 9.17) is 4.74 Å². The Morgan fingerprint density at radius 1 is 1.18 bits per heavy atom. The summed E-state index contributed by atoms with van der Waals surface area (Å²) in [5.74, 6) is -0.0928. The SMILES string of the molecule is CC[C@](C)(C(=O)OCC[N+]1(C)CCCCC1)c1ccccc1. The van der Waals surface area contributed by atoms with Gasteiger partial charge in [-0.2, -0.15) is 0 Å². The van der Waals surface area contributed by atoms with Crippen molar-refractivity contribution in [2.45, 2.75) is 44.9 Å².